The van der Waals surface area contributed by atoms with Crippen molar-refractivity contribution in [3.8, 4) is 11.5 Å². The summed E-state index contributed by atoms with van der Waals surface area (Å²) in [6.07, 6.45) is 9.24. The van der Waals surface area contributed by atoms with Gasteiger partial charge in [0.25, 0.3) is 0 Å². The van der Waals surface area contributed by atoms with Crippen LogP contribution in [-0.2, 0) is 17.8 Å². The van der Waals surface area contributed by atoms with Gasteiger partial charge in [-0.1, -0.05) is 24.3 Å². The van der Waals surface area contributed by atoms with Crippen molar-refractivity contribution in [2.45, 2.75) is 38.8 Å². The molecule has 1 fully saturated rings. The molecule has 1 atom stereocenters. The van der Waals surface area contributed by atoms with Gasteiger partial charge in [0, 0.05) is 31.2 Å². The lowest BCUT2D eigenvalue weighted by atomic mass is 10.1. The van der Waals surface area contributed by atoms with Crippen molar-refractivity contribution < 1.29 is 14.3 Å². The average Bonchev–Trinajstić information content (AvgIpc) is 2.99. The number of amides is 1. The minimum Gasteiger partial charge on any atom is -0.490 e. The lowest BCUT2D eigenvalue weighted by Gasteiger charge is -2.33. The second-order valence-electron chi connectivity index (χ2n) is 9.60. The minimum absolute atomic E-state index is 0.0266. The Morgan fingerprint density at radius 3 is 2.58 bits per heavy atom. The van der Waals surface area contributed by atoms with Gasteiger partial charge in [0.1, 0.15) is 11.9 Å². The Morgan fingerprint density at radius 2 is 1.77 bits per heavy atom. The van der Waals surface area contributed by atoms with Crippen LogP contribution in [0.15, 0.2) is 85.5 Å². The van der Waals surface area contributed by atoms with Crippen LogP contribution >= 0.6 is 0 Å². The normalized spacial score (nSPS) is 14.8. The van der Waals surface area contributed by atoms with Gasteiger partial charge in [0.05, 0.1) is 32.0 Å². The van der Waals surface area contributed by atoms with E-state index in [0.717, 1.165) is 60.1 Å². The fraction of sp³-hybridized carbons (Fsp3) is 0.290. The zero-order valence-corrected chi connectivity index (χ0v) is 22.6. The van der Waals surface area contributed by atoms with Crippen molar-refractivity contribution >= 4 is 23.2 Å². The lowest BCUT2D eigenvalue weighted by Crippen LogP contribution is -2.41. The number of rotatable bonds is 11. The molecule has 40 heavy (non-hydrogen) atoms. The van der Waals surface area contributed by atoms with E-state index in [0.29, 0.717) is 25.4 Å². The van der Waals surface area contributed by atoms with Crippen molar-refractivity contribution in [3.63, 3.8) is 0 Å². The van der Waals surface area contributed by atoms with Gasteiger partial charge < -0.3 is 25.0 Å². The molecule has 1 unspecified atom stereocenters. The number of aromatic nitrogens is 3. The van der Waals surface area contributed by atoms with Crippen molar-refractivity contribution in [2.24, 2.45) is 0 Å². The summed E-state index contributed by atoms with van der Waals surface area (Å²) in [6, 6.07) is 19.4. The maximum absolute atomic E-state index is 12.3. The number of benzene rings is 2. The molecule has 2 N–H and O–H groups in total. The molecular weight excluding hydrogens is 504 g/mol. The minimum atomic E-state index is -0.0266. The number of carbonyl (C=O) groups excluding carboxylic acids is 1. The number of piperidine rings is 1. The van der Waals surface area contributed by atoms with E-state index in [4.69, 9.17) is 14.5 Å². The van der Waals surface area contributed by atoms with Crippen molar-refractivity contribution in [1.29, 1.82) is 0 Å². The number of anilines is 3. The Labute approximate surface area is 234 Å². The fourth-order valence-electron chi connectivity index (χ4n) is 4.62. The number of hydrogen-bond acceptors (Lipinski definition) is 8. The standard InChI is InChI=1S/C31H34N6O3/c1-2-39-27-7-3-4-8-28(27)40-26-6-5-17-37(22-26)30-21-33-20-29(36-30)35-25-11-9-23(10-12-25)18-31(38)34-19-24-13-15-32-16-14-24/h3-4,7-16,20-21,26H,2,5-6,17-19,22H2,1H3,(H,34,38)(H,35,36). The summed E-state index contributed by atoms with van der Waals surface area (Å²) >= 11 is 0. The molecule has 1 amide bonds. The molecule has 4 aromatic rings. The fourth-order valence-corrected chi connectivity index (χ4v) is 4.62. The van der Waals surface area contributed by atoms with E-state index >= 15 is 0 Å². The molecule has 0 bridgehead atoms. The second-order valence-corrected chi connectivity index (χ2v) is 9.60. The average molecular weight is 539 g/mol. The van der Waals surface area contributed by atoms with Crippen molar-refractivity contribution in [2.75, 3.05) is 29.9 Å². The zero-order valence-electron chi connectivity index (χ0n) is 22.6. The summed E-state index contributed by atoms with van der Waals surface area (Å²) in [5.41, 5.74) is 2.83. The summed E-state index contributed by atoms with van der Waals surface area (Å²) < 4.78 is 12.1. The van der Waals surface area contributed by atoms with Crippen LogP contribution in [0, 0.1) is 0 Å². The first-order valence-electron chi connectivity index (χ1n) is 13.6. The SMILES string of the molecule is CCOc1ccccc1OC1CCCN(c2cncc(Nc3ccc(CC(=O)NCc4ccncc4)cc3)n2)C1. The van der Waals surface area contributed by atoms with Gasteiger partial charge >= 0.3 is 0 Å². The molecule has 0 aliphatic carbocycles. The molecule has 0 saturated carbocycles. The third-order valence-corrected chi connectivity index (χ3v) is 6.60. The van der Waals surface area contributed by atoms with E-state index < -0.39 is 0 Å². The van der Waals surface area contributed by atoms with E-state index in [1.807, 2.05) is 67.6 Å². The monoisotopic (exact) mass is 538 g/mol. The molecule has 5 rings (SSSR count). The van der Waals surface area contributed by atoms with Crippen LogP contribution in [0.3, 0.4) is 0 Å². The van der Waals surface area contributed by atoms with Gasteiger partial charge in [-0.3, -0.25) is 14.8 Å². The Hall–Kier alpha value is -4.66. The summed E-state index contributed by atoms with van der Waals surface area (Å²) in [5.74, 6) is 2.97. The highest BCUT2D eigenvalue weighted by atomic mass is 16.5. The van der Waals surface area contributed by atoms with E-state index in [-0.39, 0.29) is 12.0 Å². The smallest absolute Gasteiger partial charge is 0.224 e. The lowest BCUT2D eigenvalue weighted by molar-refractivity contribution is -0.120. The maximum atomic E-state index is 12.3. The van der Waals surface area contributed by atoms with Crippen LogP contribution in [0.2, 0.25) is 0 Å². The van der Waals surface area contributed by atoms with Gasteiger partial charge in [-0.05, 0) is 67.3 Å². The zero-order chi connectivity index (χ0) is 27.6. The molecule has 2 aromatic heterocycles. The molecule has 3 heterocycles. The van der Waals surface area contributed by atoms with Crippen LogP contribution in [0.1, 0.15) is 30.9 Å². The quantitative estimate of drug-likeness (QED) is 0.278. The Morgan fingerprint density at radius 1 is 0.975 bits per heavy atom. The largest absolute Gasteiger partial charge is 0.490 e. The molecule has 0 spiro atoms. The van der Waals surface area contributed by atoms with Crippen LogP contribution in [-0.4, -0.2) is 46.7 Å². The molecule has 1 saturated heterocycles. The Bertz CT molecular complexity index is 1380. The number of ether oxygens (including phenoxy) is 2. The highest BCUT2D eigenvalue weighted by Gasteiger charge is 2.24. The van der Waals surface area contributed by atoms with Crippen LogP contribution in [0.25, 0.3) is 0 Å². The molecule has 206 valence electrons. The molecule has 0 radical (unpaired) electrons. The first-order valence-corrected chi connectivity index (χ1v) is 13.6. The van der Waals surface area contributed by atoms with Gasteiger partial charge in [-0.25, -0.2) is 4.98 Å². The summed E-state index contributed by atoms with van der Waals surface area (Å²) in [5, 5.41) is 6.27. The van der Waals surface area contributed by atoms with Gasteiger partial charge in [-0.2, -0.15) is 0 Å². The Kier molecular flexibility index (Phi) is 9.03. The number of nitrogens with zero attached hydrogens (tertiary/aromatic N) is 4. The van der Waals surface area contributed by atoms with Crippen LogP contribution in [0.4, 0.5) is 17.3 Å². The van der Waals surface area contributed by atoms with Crippen molar-refractivity contribution in [3.05, 3.63) is 96.6 Å². The third kappa shape index (κ3) is 7.47. The molecule has 1 aliphatic heterocycles. The predicted octanol–water partition coefficient (Wildman–Crippen LogP) is 4.92. The van der Waals surface area contributed by atoms with Gasteiger partial charge in [0.2, 0.25) is 5.91 Å². The van der Waals surface area contributed by atoms with E-state index in [2.05, 4.69) is 25.5 Å². The van der Waals surface area contributed by atoms with Gasteiger partial charge in [-0.15, -0.1) is 0 Å². The maximum Gasteiger partial charge on any atom is 0.224 e. The van der Waals surface area contributed by atoms with Crippen LogP contribution in [0.5, 0.6) is 11.5 Å². The van der Waals surface area contributed by atoms with Crippen LogP contribution < -0.4 is 25.0 Å². The Balaban J connectivity index is 1.15. The second kappa shape index (κ2) is 13.4. The summed E-state index contributed by atoms with van der Waals surface area (Å²) in [6.45, 7) is 4.66. The third-order valence-electron chi connectivity index (χ3n) is 6.60. The summed E-state index contributed by atoms with van der Waals surface area (Å²) in [7, 11) is 0. The molecule has 9 nitrogen and oxygen atoms in total. The first-order chi connectivity index (χ1) is 19.7. The number of nitrogens with one attached hydrogen (secondary N) is 2. The molecule has 1 aliphatic rings. The number of pyridine rings is 1. The molecule has 2 aromatic carbocycles. The highest BCUT2D eigenvalue weighted by molar-refractivity contribution is 5.78. The number of para-hydroxylation sites is 2. The molecular formula is C31H34N6O3. The molecule has 9 heteroatoms. The predicted molar refractivity (Wildman–Crippen MR) is 155 cm³/mol. The van der Waals surface area contributed by atoms with E-state index in [9.17, 15) is 4.79 Å². The van der Waals surface area contributed by atoms with Crippen molar-refractivity contribution in [1.82, 2.24) is 20.3 Å². The van der Waals surface area contributed by atoms with E-state index in [1.54, 1.807) is 24.8 Å². The highest BCUT2D eigenvalue weighted by Crippen LogP contribution is 2.30. The number of hydrogen-bond donors (Lipinski definition) is 2. The number of carbonyl (C=O) groups is 1. The van der Waals surface area contributed by atoms with E-state index in [1.165, 1.54) is 0 Å². The topological polar surface area (TPSA) is 102 Å². The summed E-state index contributed by atoms with van der Waals surface area (Å²) in [4.78, 5) is 27.8. The van der Waals surface area contributed by atoms with Gasteiger partial charge in [0.15, 0.2) is 17.3 Å². The first kappa shape index (κ1) is 26.9.